The Hall–Kier alpha value is -1.78. The number of anilines is 1. The zero-order chi connectivity index (χ0) is 12.7. The second-order valence-electron chi connectivity index (χ2n) is 3.53. The van der Waals surface area contributed by atoms with Crippen molar-refractivity contribution in [3.63, 3.8) is 0 Å². The molecule has 0 unspecified atom stereocenters. The molecule has 0 atom stereocenters. The lowest BCUT2D eigenvalue weighted by atomic mass is 10.2. The van der Waals surface area contributed by atoms with E-state index in [0.29, 0.717) is 30.3 Å². The Morgan fingerprint density at radius 2 is 2.24 bits per heavy atom. The molecule has 0 radical (unpaired) electrons. The number of ether oxygens (including phenoxy) is 2. The van der Waals surface area contributed by atoms with Gasteiger partial charge in [0.25, 0.3) is 0 Å². The Balaban J connectivity index is 2.75. The van der Waals surface area contributed by atoms with Crippen LogP contribution in [0.1, 0.15) is 37.0 Å². The van der Waals surface area contributed by atoms with Gasteiger partial charge in [0.2, 0.25) is 5.88 Å². The van der Waals surface area contributed by atoms with Crippen LogP contribution in [0.2, 0.25) is 0 Å². The first-order valence-corrected chi connectivity index (χ1v) is 5.74. The Kier molecular flexibility index (Phi) is 5.26. The molecule has 0 fully saturated rings. The molecular weight excluding hydrogens is 220 g/mol. The number of nitrogens with two attached hydrogens (primary N) is 1. The number of hydrogen-bond acceptors (Lipinski definition) is 5. The van der Waals surface area contributed by atoms with Gasteiger partial charge in [0, 0.05) is 6.07 Å². The summed E-state index contributed by atoms with van der Waals surface area (Å²) in [4.78, 5) is 15.6. The largest absolute Gasteiger partial charge is 0.478 e. The van der Waals surface area contributed by atoms with E-state index in [0.717, 1.165) is 12.8 Å². The summed E-state index contributed by atoms with van der Waals surface area (Å²) in [6.07, 6.45) is 3.40. The molecule has 0 aromatic carbocycles. The molecule has 0 aliphatic carbocycles. The van der Waals surface area contributed by atoms with Crippen molar-refractivity contribution in [1.29, 1.82) is 0 Å². The highest BCUT2D eigenvalue weighted by molar-refractivity contribution is 5.95. The van der Waals surface area contributed by atoms with Gasteiger partial charge >= 0.3 is 5.97 Å². The van der Waals surface area contributed by atoms with E-state index in [1.165, 1.54) is 12.3 Å². The molecule has 1 rings (SSSR count). The summed E-state index contributed by atoms with van der Waals surface area (Å²) in [5.41, 5.74) is 6.25. The molecule has 0 amide bonds. The van der Waals surface area contributed by atoms with Crippen molar-refractivity contribution in [2.24, 2.45) is 0 Å². The number of rotatable bonds is 6. The average Bonchev–Trinajstić information content (AvgIpc) is 2.32. The summed E-state index contributed by atoms with van der Waals surface area (Å²) in [5.74, 6) is -0.0524. The maximum absolute atomic E-state index is 11.6. The van der Waals surface area contributed by atoms with E-state index in [1.807, 2.05) is 0 Å². The van der Waals surface area contributed by atoms with Gasteiger partial charge in [0.1, 0.15) is 0 Å². The maximum atomic E-state index is 11.6. The molecule has 1 aromatic rings. The van der Waals surface area contributed by atoms with Crippen LogP contribution in [0.25, 0.3) is 0 Å². The van der Waals surface area contributed by atoms with Gasteiger partial charge in [0.15, 0.2) is 0 Å². The monoisotopic (exact) mass is 238 g/mol. The number of carbonyl (C=O) groups is 1. The number of aromatic nitrogens is 1. The van der Waals surface area contributed by atoms with Crippen molar-refractivity contribution in [3.8, 4) is 5.88 Å². The average molecular weight is 238 g/mol. The standard InChI is InChI=1S/C12H18N2O3/c1-3-5-6-17-11-7-9(10(13)8-14-11)12(15)16-4-2/h7-8H,3-6,13H2,1-2H3. The predicted molar refractivity (Wildman–Crippen MR) is 65.0 cm³/mol. The fourth-order valence-corrected chi connectivity index (χ4v) is 1.23. The number of carbonyl (C=O) groups excluding carboxylic acids is 1. The normalized spacial score (nSPS) is 10.0. The lowest BCUT2D eigenvalue weighted by Crippen LogP contribution is -2.09. The highest BCUT2D eigenvalue weighted by atomic mass is 16.5. The quantitative estimate of drug-likeness (QED) is 0.606. The number of pyridine rings is 1. The van der Waals surface area contributed by atoms with Crippen LogP contribution in [0, 0.1) is 0 Å². The summed E-state index contributed by atoms with van der Waals surface area (Å²) in [6, 6.07) is 1.52. The van der Waals surface area contributed by atoms with E-state index in [1.54, 1.807) is 6.92 Å². The van der Waals surface area contributed by atoms with Gasteiger partial charge in [-0.2, -0.15) is 0 Å². The zero-order valence-corrected chi connectivity index (χ0v) is 10.2. The molecule has 94 valence electrons. The third kappa shape index (κ3) is 3.94. The van der Waals surface area contributed by atoms with Gasteiger partial charge < -0.3 is 15.2 Å². The molecule has 2 N–H and O–H groups in total. The summed E-state index contributed by atoms with van der Waals surface area (Å²) in [6.45, 7) is 4.71. The number of hydrogen-bond donors (Lipinski definition) is 1. The smallest absolute Gasteiger partial charge is 0.340 e. The van der Waals surface area contributed by atoms with Crippen LogP contribution in [-0.2, 0) is 4.74 Å². The summed E-state index contributed by atoms with van der Waals surface area (Å²) >= 11 is 0. The molecule has 17 heavy (non-hydrogen) atoms. The van der Waals surface area contributed by atoms with E-state index in [9.17, 15) is 4.79 Å². The van der Waals surface area contributed by atoms with Gasteiger partial charge in [0.05, 0.1) is 30.7 Å². The maximum Gasteiger partial charge on any atom is 0.340 e. The molecule has 0 aliphatic rings. The van der Waals surface area contributed by atoms with Crippen LogP contribution in [0.4, 0.5) is 5.69 Å². The Morgan fingerprint density at radius 3 is 2.88 bits per heavy atom. The molecule has 0 bridgehead atoms. The lowest BCUT2D eigenvalue weighted by Gasteiger charge is -2.08. The van der Waals surface area contributed by atoms with Crippen molar-refractivity contribution in [2.45, 2.75) is 26.7 Å². The van der Waals surface area contributed by atoms with Crippen LogP contribution in [-0.4, -0.2) is 24.2 Å². The molecular formula is C12H18N2O3. The first-order valence-electron chi connectivity index (χ1n) is 5.74. The summed E-state index contributed by atoms with van der Waals surface area (Å²) in [5, 5.41) is 0. The van der Waals surface area contributed by atoms with Crippen molar-refractivity contribution >= 4 is 11.7 Å². The SMILES string of the molecule is CCCCOc1cc(C(=O)OCC)c(N)cn1. The molecule has 0 saturated heterocycles. The third-order valence-corrected chi connectivity index (χ3v) is 2.15. The molecule has 5 nitrogen and oxygen atoms in total. The van der Waals surface area contributed by atoms with Crippen molar-refractivity contribution in [1.82, 2.24) is 4.98 Å². The van der Waals surface area contributed by atoms with E-state index < -0.39 is 5.97 Å². The first kappa shape index (κ1) is 13.3. The fraction of sp³-hybridized carbons (Fsp3) is 0.500. The Labute approximate surface area is 101 Å². The van der Waals surface area contributed by atoms with Crippen molar-refractivity contribution in [2.75, 3.05) is 18.9 Å². The molecule has 0 spiro atoms. The highest BCUT2D eigenvalue weighted by Gasteiger charge is 2.12. The van der Waals surface area contributed by atoms with Crippen molar-refractivity contribution in [3.05, 3.63) is 17.8 Å². The van der Waals surface area contributed by atoms with E-state index in [-0.39, 0.29) is 0 Å². The fourth-order valence-electron chi connectivity index (χ4n) is 1.23. The number of unbranched alkanes of at least 4 members (excludes halogenated alkanes) is 1. The highest BCUT2D eigenvalue weighted by Crippen LogP contribution is 2.17. The van der Waals surface area contributed by atoms with Crippen LogP contribution < -0.4 is 10.5 Å². The van der Waals surface area contributed by atoms with Gasteiger partial charge in [-0.15, -0.1) is 0 Å². The van der Waals surface area contributed by atoms with Gasteiger partial charge in [-0.3, -0.25) is 0 Å². The molecule has 0 aliphatic heterocycles. The summed E-state index contributed by atoms with van der Waals surface area (Å²) < 4.78 is 10.3. The van der Waals surface area contributed by atoms with Gasteiger partial charge in [-0.1, -0.05) is 13.3 Å². The topological polar surface area (TPSA) is 74.4 Å². The Bertz CT molecular complexity index is 380. The van der Waals surface area contributed by atoms with Crippen LogP contribution in [0.5, 0.6) is 5.88 Å². The minimum Gasteiger partial charge on any atom is -0.478 e. The van der Waals surface area contributed by atoms with Crippen LogP contribution >= 0.6 is 0 Å². The first-order chi connectivity index (χ1) is 8.19. The second-order valence-corrected chi connectivity index (χ2v) is 3.53. The van der Waals surface area contributed by atoms with Gasteiger partial charge in [-0.25, -0.2) is 9.78 Å². The van der Waals surface area contributed by atoms with Gasteiger partial charge in [-0.05, 0) is 13.3 Å². The number of nitrogens with zero attached hydrogens (tertiary/aromatic N) is 1. The molecule has 5 heteroatoms. The molecule has 1 heterocycles. The molecule has 0 saturated carbocycles. The Morgan fingerprint density at radius 1 is 1.47 bits per heavy atom. The zero-order valence-electron chi connectivity index (χ0n) is 10.2. The lowest BCUT2D eigenvalue weighted by molar-refractivity contribution is 0.0527. The van der Waals surface area contributed by atoms with E-state index >= 15 is 0 Å². The second kappa shape index (κ2) is 6.73. The number of nitrogen functional groups attached to an aromatic ring is 1. The van der Waals surface area contributed by atoms with Crippen LogP contribution in [0.15, 0.2) is 12.3 Å². The predicted octanol–water partition coefficient (Wildman–Crippen LogP) is 2.02. The minimum atomic E-state index is -0.451. The van der Waals surface area contributed by atoms with Crippen molar-refractivity contribution < 1.29 is 14.3 Å². The van der Waals surface area contributed by atoms with Crippen LogP contribution in [0.3, 0.4) is 0 Å². The third-order valence-electron chi connectivity index (χ3n) is 2.15. The number of esters is 1. The minimum absolute atomic E-state index is 0.297. The molecule has 1 aromatic heterocycles. The van der Waals surface area contributed by atoms with E-state index in [2.05, 4.69) is 11.9 Å². The summed E-state index contributed by atoms with van der Waals surface area (Å²) in [7, 11) is 0. The van der Waals surface area contributed by atoms with E-state index in [4.69, 9.17) is 15.2 Å².